The summed E-state index contributed by atoms with van der Waals surface area (Å²) in [7, 11) is 1.85. The lowest BCUT2D eigenvalue weighted by Gasteiger charge is -2.19. The van der Waals surface area contributed by atoms with E-state index in [1.54, 1.807) is 36.7 Å². The summed E-state index contributed by atoms with van der Waals surface area (Å²) >= 11 is 0. The topological polar surface area (TPSA) is 59.8 Å². The Morgan fingerprint density at radius 3 is 2.50 bits per heavy atom. The molecule has 1 atom stereocenters. The fraction of sp³-hybridized carbons (Fsp3) is 0.167. The van der Waals surface area contributed by atoms with Gasteiger partial charge < -0.3 is 9.88 Å². The zero-order valence-electron chi connectivity index (χ0n) is 13.4. The highest BCUT2D eigenvalue weighted by molar-refractivity contribution is 5.94. The summed E-state index contributed by atoms with van der Waals surface area (Å²) in [5.41, 5.74) is 2.05. The van der Waals surface area contributed by atoms with Crippen LogP contribution in [0.15, 0.2) is 55.0 Å². The van der Waals surface area contributed by atoms with E-state index in [0.717, 1.165) is 11.3 Å². The van der Waals surface area contributed by atoms with E-state index in [1.807, 2.05) is 18.5 Å². The van der Waals surface area contributed by atoms with Gasteiger partial charge in [0, 0.05) is 31.3 Å². The van der Waals surface area contributed by atoms with Gasteiger partial charge in [-0.25, -0.2) is 9.37 Å². The third-order valence-electron chi connectivity index (χ3n) is 3.77. The average Bonchev–Trinajstić information content (AvgIpc) is 3.00. The second kappa shape index (κ2) is 6.62. The zero-order valence-corrected chi connectivity index (χ0v) is 13.4. The number of aromatic nitrogens is 3. The molecular weight excluding hydrogens is 307 g/mol. The van der Waals surface area contributed by atoms with Gasteiger partial charge in [0.25, 0.3) is 5.91 Å². The van der Waals surface area contributed by atoms with Crippen molar-refractivity contribution in [1.82, 2.24) is 19.9 Å². The smallest absolute Gasteiger partial charge is 0.253 e. The molecule has 0 saturated heterocycles. The molecule has 0 saturated carbocycles. The van der Waals surface area contributed by atoms with Crippen molar-refractivity contribution >= 4 is 5.91 Å². The molecule has 122 valence electrons. The van der Waals surface area contributed by atoms with Crippen LogP contribution in [-0.2, 0) is 7.05 Å². The number of aryl methyl sites for hydroxylation is 2. The Kier molecular flexibility index (Phi) is 4.37. The predicted octanol–water partition coefficient (Wildman–Crippen LogP) is 2.78. The molecule has 5 nitrogen and oxygen atoms in total. The van der Waals surface area contributed by atoms with Gasteiger partial charge in [-0.1, -0.05) is 12.1 Å². The first kappa shape index (κ1) is 15.9. The largest absolute Gasteiger partial charge is 0.338 e. The number of benzene rings is 1. The van der Waals surface area contributed by atoms with Gasteiger partial charge in [0.2, 0.25) is 0 Å². The second-order valence-electron chi connectivity index (χ2n) is 5.54. The van der Waals surface area contributed by atoms with Crippen LogP contribution in [-0.4, -0.2) is 20.4 Å². The molecule has 0 bridgehead atoms. The lowest BCUT2D eigenvalue weighted by atomic mass is 10.1. The third kappa shape index (κ3) is 3.32. The number of pyridine rings is 1. The lowest BCUT2D eigenvalue weighted by molar-refractivity contribution is 0.0941. The fourth-order valence-electron chi connectivity index (χ4n) is 2.42. The van der Waals surface area contributed by atoms with Crippen LogP contribution in [0.2, 0.25) is 0 Å². The minimum absolute atomic E-state index is 0.264. The van der Waals surface area contributed by atoms with E-state index in [4.69, 9.17) is 0 Å². The van der Waals surface area contributed by atoms with Crippen molar-refractivity contribution in [3.8, 4) is 0 Å². The van der Waals surface area contributed by atoms with Crippen molar-refractivity contribution < 1.29 is 9.18 Å². The summed E-state index contributed by atoms with van der Waals surface area (Å²) in [6, 6.07) is 9.03. The van der Waals surface area contributed by atoms with Crippen LogP contribution in [0.5, 0.6) is 0 Å². The third-order valence-corrected chi connectivity index (χ3v) is 3.77. The molecule has 1 amide bonds. The second-order valence-corrected chi connectivity index (χ2v) is 5.54. The Labute approximate surface area is 139 Å². The van der Waals surface area contributed by atoms with Gasteiger partial charge >= 0.3 is 0 Å². The monoisotopic (exact) mass is 324 g/mol. The first-order valence-corrected chi connectivity index (χ1v) is 7.51. The molecule has 2 aromatic heterocycles. The lowest BCUT2D eigenvalue weighted by Crippen LogP contribution is -2.31. The molecule has 2 heterocycles. The Morgan fingerprint density at radius 1 is 1.17 bits per heavy atom. The van der Waals surface area contributed by atoms with Gasteiger partial charge in [-0.05, 0) is 36.8 Å². The molecule has 3 aromatic rings. The van der Waals surface area contributed by atoms with Crippen molar-refractivity contribution in [2.24, 2.45) is 7.05 Å². The summed E-state index contributed by atoms with van der Waals surface area (Å²) in [6.07, 6.45) is 4.99. The Morgan fingerprint density at radius 2 is 1.92 bits per heavy atom. The van der Waals surface area contributed by atoms with Gasteiger partial charge in [-0.3, -0.25) is 9.78 Å². The van der Waals surface area contributed by atoms with E-state index in [-0.39, 0.29) is 11.7 Å². The average molecular weight is 324 g/mol. The number of carbonyl (C=O) groups excluding carboxylic acids is 1. The van der Waals surface area contributed by atoms with Gasteiger partial charge in [0.15, 0.2) is 0 Å². The van der Waals surface area contributed by atoms with Crippen LogP contribution < -0.4 is 5.32 Å². The maximum atomic E-state index is 13.2. The van der Waals surface area contributed by atoms with Crippen molar-refractivity contribution in [3.63, 3.8) is 0 Å². The van der Waals surface area contributed by atoms with Crippen LogP contribution in [0.1, 0.15) is 33.5 Å². The molecule has 1 unspecified atom stereocenters. The number of amides is 1. The fourth-order valence-corrected chi connectivity index (χ4v) is 2.42. The van der Waals surface area contributed by atoms with Crippen molar-refractivity contribution in [1.29, 1.82) is 0 Å². The van der Waals surface area contributed by atoms with Crippen LogP contribution in [0.4, 0.5) is 4.39 Å². The molecule has 0 aliphatic rings. The van der Waals surface area contributed by atoms with Gasteiger partial charge in [-0.15, -0.1) is 0 Å². The molecule has 0 fully saturated rings. The summed E-state index contributed by atoms with van der Waals surface area (Å²) < 4.78 is 15.0. The summed E-state index contributed by atoms with van der Waals surface area (Å²) in [5, 5.41) is 2.95. The Hall–Kier alpha value is -3.02. The van der Waals surface area contributed by atoms with Crippen LogP contribution in [0.25, 0.3) is 0 Å². The van der Waals surface area contributed by atoms with Crippen LogP contribution in [0.3, 0.4) is 0 Å². The highest BCUT2D eigenvalue weighted by Crippen LogP contribution is 2.21. The van der Waals surface area contributed by atoms with E-state index in [0.29, 0.717) is 11.4 Å². The number of hydrogen-bond donors (Lipinski definition) is 1. The van der Waals surface area contributed by atoms with E-state index in [9.17, 15) is 9.18 Å². The maximum Gasteiger partial charge on any atom is 0.253 e. The summed E-state index contributed by atoms with van der Waals surface area (Å²) in [4.78, 5) is 21.0. The first-order chi connectivity index (χ1) is 11.5. The zero-order chi connectivity index (χ0) is 17.1. The van der Waals surface area contributed by atoms with Crippen molar-refractivity contribution in [2.75, 3.05) is 0 Å². The molecule has 0 spiro atoms. The summed E-state index contributed by atoms with van der Waals surface area (Å²) in [5.74, 6) is 0.0706. The highest BCUT2D eigenvalue weighted by atomic mass is 19.1. The Bertz CT molecular complexity index is 840. The summed E-state index contributed by atoms with van der Waals surface area (Å²) in [6.45, 7) is 1.86. The van der Waals surface area contributed by atoms with Crippen molar-refractivity contribution in [3.05, 3.63) is 83.5 Å². The minimum Gasteiger partial charge on any atom is -0.338 e. The van der Waals surface area contributed by atoms with Gasteiger partial charge in [-0.2, -0.15) is 0 Å². The van der Waals surface area contributed by atoms with E-state index >= 15 is 0 Å². The van der Waals surface area contributed by atoms with E-state index < -0.39 is 6.04 Å². The minimum atomic E-state index is -0.487. The molecule has 1 aromatic carbocycles. The molecule has 24 heavy (non-hydrogen) atoms. The van der Waals surface area contributed by atoms with Gasteiger partial charge in [0.1, 0.15) is 17.7 Å². The number of nitrogens with zero attached hydrogens (tertiary/aromatic N) is 3. The molecule has 6 heteroatoms. The number of hydrogen-bond acceptors (Lipinski definition) is 3. The normalized spacial score (nSPS) is 12.0. The number of rotatable bonds is 4. The number of carbonyl (C=O) groups is 1. The predicted molar refractivity (Wildman–Crippen MR) is 87.9 cm³/mol. The van der Waals surface area contributed by atoms with E-state index in [1.165, 1.54) is 18.3 Å². The SMILES string of the molecule is Cc1ccc(C(=O)NC(c2ccc(F)cc2)c2nccn2C)cn1. The molecule has 3 rings (SSSR count). The van der Waals surface area contributed by atoms with Crippen LogP contribution >= 0.6 is 0 Å². The molecule has 0 radical (unpaired) electrons. The number of halogens is 1. The molecule has 1 N–H and O–H groups in total. The van der Waals surface area contributed by atoms with Crippen LogP contribution in [0, 0.1) is 12.7 Å². The van der Waals surface area contributed by atoms with E-state index in [2.05, 4.69) is 15.3 Å². The molecule has 0 aliphatic carbocycles. The molecular formula is C18H17FN4O. The quantitative estimate of drug-likeness (QED) is 0.803. The molecule has 0 aliphatic heterocycles. The maximum absolute atomic E-state index is 13.2. The Balaban J connectivity index is 1.93. The number of imidazole rings is 1. The van der Waals surface area contributed by atoms with Crippen molar-refractivity contribution in [2.45, 2.75) is 13.0 Å². The first-order valence-electron chi connectivity index (χ1n) is 7.51. The standard InChI is InChI=1S/C18H17FN4O/c1-12-3-4-14(11-21-12)18(24)22-16(17-20-9-10-23(17)2)13-5-7-15(19)8-6-13/h3-11,16H,1-2H3,(H,22,24). The highest BCUT2D eigenvalue weighted by Gasteiger charge is 2.21. The number of nitrogens with one attached hydrogen (secondary N) is 1. The van der Waals surface area contributed by atoms with Gasteiger partial charge in [0.05, 0.1) is 5.56 Å².